The van der Waals surface area contributed by atoms with Gasteiger partial charge in [0.25, 0.3) is 0 Å². The van der Waals surface area contributed by atoms with E-state index in [1.807, 2.05) is 18.2 Å². The van der Waals surface area contributed by atoms with Gasteiger partial charge in [0.15, 0.2) is 0 Å². The molecule has 2 aliphatic rings. The Labute approximate surface area is 135 Å². The second-order valence-electron chi connectivity index (χ2n) is 6.18. The summed E-state index contributed by atoms with van der Waals surface area (Å²) in [6.07, 6.45) is 3.83. The lowest BCUT2D eigenvalue weighted by Gasteiger charge is -2.15. The van der Waals surface area contributed by atoms with Gasteiger partial charge < -0.3 is 21.0 Å². The molecule has 23 heavy (non-hydrogen) atoms. The van der Waals surface area contributed by atoms with Crippen molar-refractivity contribution in [2.45, 2.75) is 31.5 Å². The number of ether oxygens (including phenoxy) is 1. The number of allylic oxidation sites excluding steroid dienone is 1. The summed E-state index contributed by atoms with van der Waals surface area (Å²) in [6, 6.07) is 5.43. The average molecular weight is 317 g/mol. The van der Waals surface area contributed by atoms with Crippen LogP contribution in [-0.4, -0.2) is 35.7 Å². The van der Waals surface area contributed by atoms with Crippen LogP contribution < -0.4 is 26.6 Å². The third-order valence-corrected chi connectivity index (χ3v) is 4.05. The minimum atomic E-state index is -0.136. The topological polar surface area (TPSA) is 115 Å². The number of aliphatic hydroxyl groups is 1. The van der Waals surface area contributed by atoms with Crippen molar-refractivity contribution >= 4 is 11.4 Å². The molecule has 1 atom stereocenters. The standard InChI is InChI=1S/C16H23N5O2/c1-16(4-5-16)23-10-2-3-12(17)11(8-10)15(18)13-9-14(21-20-13)19-6-7-22/h2-3,8-9,14,18-22H,4-7,17H2,1H3. The van der Waals surface area contributed by atoms with E-state index in [2.05, 4.69) is 23.1 Å². The summed E-state index contributed by atoms with van der Waals surface area (Å²) >= 11 is 0. The number of aliphatic hydroxyl groups excluding tert-OH is 1. The Hall–Kier alpha value is -2.09. The Morgan fingerprint density at radius 2 is 2.30 bits per heavy atom. The van der Waals surface area contributed by atoms with Gasteiger partial charge in [0.1, 0.15) is 11.4 Å². The fourth-order valence-electron chi connectivity index (χ4n) is 2.40. The van der Waals surface area contributed by atoms with Crippen molar-refractivity contribution in [3.8, 4) is 5.75 Å². The van der Waals surface area contributed by atoms with Gasteiger partial charge in [0, 0.05) is 17.8 Å². The highest BCUT2D eigenvalue weighted by atomic mass is 16.5. The molecule has 0 amide bonds. The van der Waals surface area contributed by atoms with Crippen LogP contribution in [0.5, 0.6) is 5.75 Å². The van der Waals surface area contributed by atoms with E-state index in [-0.39, 0.29) is 18.4 Å². The minimum Gasteiger partial charge on any atom is -0.488 e. The summed E-state index contributed by atoms with van der Waals surface area (Å²) in [4.78, 5) is 0. The van der Waals surface area contributed by atoms with E-state index in [4.69, 9.17) is 21.0 Å². The number of nitrogens with one attached hydrogen (secondary N) is 4. The smallest absolute Gasteiger partial charge is 0.120 e. The lowest BCUT2D eigenvalue weighted by Crippen LogP contribution is -2.43. The van der Waals surface area contributed by atoms with E-state index in [9.17, 15) is 0 Å². The molecule has 1 aliphatic carbocycles. The third-order valence-electron chi connectivity index (χ3n) is 4.05. The highest BCUT2D eigenvalue weighted by Crippen LogP contribution is 2.40. The van der Waals surface area contributed by atoms with Crippen LogP contribution in [0.25, 0.3) is 0 Å². The first-order valence-electron chi connectivity index (χ1n) is 7.76. The molecule has 0 saturated heterocycles. The summed E-state index contributed by atoms with van der Waals surface area (Å²) in [5, 5.41) is 20.3. The van der Waals surface area contributed by atoms with Crippen molar-refractivity contribution in [3.63, 3.8) is 0 Å². The molecule has 7 heteroatoms. The molecule has 1 fully saturated rings. The van der Waals surface area contributed by atoms with Crippen molar-refractivity contribution in [3.05, 3.63) is 35.5 Å². The molecule has 3 rings (SSSR count). The Morgan fingerprint density at radius 3 is 3.00 bits per heavy atom. The molecule has 1 aromatic rings. The van der Waals surface area contributed by atoms with Crippen LogP contribution in [0.1, 0.15) is 25.3 Å². The van der Waals surface area contributed by atoms with Crippen molar-refractivity contribution in [2.75, 3.05) is 18.9 Å². The van der Waals surface area contributed by atoms with Crippen LogP contribution in [0.2, 0.25) is 0 Å². The number of anilines is 1. The Balaban J connectivity index is 1.75. The van der Waals surface area contributed by atoms with E-state index in [1.165, 1.54) is 0 Å². The lowest BCUT2D eigenvalue weighted by molar-refractivity contribution is 0.200. The molecular weight excluding hydrogens is 294 g/mol. The first-order valence-corrected chi connectivity index (χ1v) is 7.76. The Morgan fingerprint density at radius 1 is 1.52 bits per heavy atom. The molecular formula is C16H23N5O2. The predicted molar refractivity (Wildman–Crippen MR) is 89.2 cm³/mol. The zero-order valence-electron chi connectivity index (χ0n) is 13.1. The van der Waals surface area contributed by atoms with E-state index in [0.29, 0.717) is 29.2 Å². The number of benzene rings is 1. The maximum Gasteiger partial charge on any atom is 0.120 e. The molecule has 1 heterocycles. The van der Waals surface area contributed by atoms with Crippen molar-refractivity contribution in [2.24, 2.45) is 0 Å². The van der Waals surface area contributed by atoms with Crippen LogP contribution in [-0.2, 0) is 0 Å². The van der Waals surface area contributed by atoms with Gasteiger partial charge in [-0.15, -0.1) is 0 Å². The number of nitrogens with two attached hydrogens (primary N) is 1. The zero-order valence-corrected chi connectivity index (χ0v) is 13.1. The Bertz CT molecular complexity index is 639. The molecule has 0 bridgehead atoms. The van der Waals surface area contributed by atoms with Gasteiger partial charge in [-0.05, 0) is 44.0 Å². The number of hydrogen-bond acceptors (Lipinski definition) is 7. The normalized spacial score (nSPS) is 21.5. The molecule has 0 aromatic heterocycles. The second-order valence-corrected chi connectivity index (χ2v) is 6.18. The highest BCUT2D eigenvalue weighted by molar-refractivity contribution is 6.13. The van der Waals surface area contributed by atoms with E-state index < -0.39 is 0 Å². The number of nitrogen functional groups attached to an aromatic ring is 1. The molecule has 7 N–H and O–H groups in total. The van der Waals surface area contributed by atoms with Gasteiger partial charge in [-0.3, -0.25) is 10.7 Å². The average Bonchev–Trinajstić information content (AvgIpc) is 3.08. The van der Waals surface area contributed by atoms with Crippen LogP contribution in [0, 0.1) is 5.41 Å². The van der Waals surface area contributed by atoms with E-state index >= 15 is 0 Å². The molecule has 1 aliphatic heterocycles. The van der Waals surface area contributed by atoms with Crippen LogP contribution >= 0.6 is 0 Å². The quantitative estimate of drug-likeness (QED) is 0.322. The van der Waals surface area contributed by atoms with Gasteiger partial charge in [-0.1, -0.05) is 0 Å². The second kappa shape index (κ2) is 6.19. The van der Waals surface area contributed by atoms with Crippen LogP contribution in [0.15, 0.2) is 30.0 Å². The molecule has 0 spiro atoms. The first-order chi connectivity index (χ1) is 11.0. The summed E-state index contributed by atoms with van der Waals surface area (Å²) < 4.78 is 5.95. The largest absolute Gasteiger partial charge is 0.488 e. The summed E-state index contributed by atoms with van der Waals surface area (Å²) in [6.45, 7) is 2.61. The Kier molecular flexibility index (Phi) is 4.25. The molecule has 124 valence electrons. The van der Waals surface area contributed by atoms with Gasteiger partial charge in [0.05, 0.1) is 24.2 Å². The van der Waals surface area contributed by atoms with Crippen molar-refractivity contribution in [1.29, 1.82) is 5.41 Å². The predicted octanol–water partition coefficient (Wildman–Crippen LogP) is 0.468. The first kappa shape index (κ1) is 15.8. The van der Waals surface area contributed by atoms with Crippen LogP contribution in [0.3, 0.4) is 0 Å². The number of hydrazine groups is 1. The van der Waals surface area contributed by atoms with Gasteiger partial charge in [-0.25, -0.2) is 5.43 Å². The van der Waals surface area contributed by atoms with Gasteiger partial charge in [0.2, 0.25) is 0 Å². The minimum absolute atomic E-state index is 0.0594. The molecule has 1 unspecified atom stereocenters. The fourth-order valence-corrected chi connectivity index (χ4v) is 2.40. The maximum atomic E-state index is 8.84. The summed E-state index contributed by atoms with van der Waals surface area (Å²) in [7, 11) is 0. The molecule has 0 radical (unpaired) electrons. The fraction of sp³-hybridized carbons (Fsp3) is 0.438. The molecule has 7 nitrogen and oxygen atoms in total. The zero-order chi connectivity index (χ0) is 16.4. The highest BCUT2D eigenvalue weighted by Gasteiger charge is 2.40. The summed E-state index contributed by atoms with van der Waals surface area (Å²) in [5.41, 5.74) is 14.0. The lowest BCUT2D eigenvalue weighted by atomic mass is 10.0. The monoisotopic (exact) mass is 317 g/mol. The third kappa shape index (κ3) is 3.64. The number of rotatable bonds is 7. The molecule has 1 saturated carbocycles. The summed E-state index contributed by atoms with van der Waals surface area (Å²) in [5.74, 6) is 0.737. The molecule has 1 aromatic carbocycles. The van der Waals surface area contributed by atoms with Crippen molar-refractivity contribution in [1.82, 2.24) is 16.2 Å². The number of hydrogen-bond donors (Lipinski definition) is 6. The van der Waals surface area contributed by atoms with E-state index in [1.54, 1.807) is 6.07 Å². The van der Waals surface area contributed by atoms with Gasteiger partial charge in [-0.2, -0.15) is 0 Å². The van der Waals surface area contributed by atoms with E-state index in [0.717, 1.165) is 18.6 Å². The van der Waals surface area contributed by atoms with Crippen molar-refractivity contribution < 1.29 is 9.84 Å². The van der Waals surface area contributed by atoms with Crippen LogP contribution in [0.4, 0.5) is 5.69 Å². The van der Waals surface area contributed by atoms with Gasteiger partial charge >= 0.3 is 0 Å². The SMILES string of the molecule is CC1(Oc2ccc(N)c(C(=N)C3=CC(NCCO)NN3)c2)CC1. The maximum absolute atomic E-state index is 8.84.